The summed E-state index contributed by atoms with van der Waals surface area (Å²) in [6.45, 7) is 2.79. The van der Waals surface area contributed by atoms with Crippen molar-refractivity contribution in [3.05, 3.63) is 59.9 Å². The number of aliphatic imine (C=N–C) groups is 1. The molecule has 0 saturated carbocycles. The van der Waals surface area contributed by atoms with Crippen molar-refractivity contribution in [3.8, 4) is 5.75 Å². The van der Waals surface area contributed by atoms with E-state index in [2.05, 4.69) is 15.3 Å². The van der Waals surface area contributed by atoms with Crippen LogP contribution in [0.15, 0.2) is 53.7 Å². The van der Waals surface area contributed by atoms with Gasteiger partial charge in [0.2, 0.25) is 0 Å². The van der Waals surface area contributed by atoms with E-state index in [0.29, 0.717) is 24.5 Å². The molecule has 6 nitrogen and oxygen atoms in total. The summed E-state index contributed by atoms with van der Waals surface area (Å²) < 4.78 is 10.7. The zero-order chi connectivity index (χ0) is 17.2. The van der Waals surface area contributed by atoms with Crippen LogP contribution in [0.2, 0.25) is 0 Å². The van der Waals surface area contributed by atoms with Crippen LogP contribution in [0.3, 0.4) is 0 Å². The van der Waals surface area contributed by atoms with Crippen LogP contribution in [0.4, 0.5) is 0 Å². The van der Waals surface area contributed by atoms with Crippen molar-refractivity contribution in [2.45, 2.75) is 19.9 Å². The van der Waals surface area contributed by atoms with E-state index in [4.69, 9.17) is 9.47 Å². The van der Waals surface area contributed by atoms with Crippen LogP contribution < -0.4 is 10.1 Å². The van der Waals surface area contributed by atoms with Crippen LogP contribution >= 0.6 is 0 Å². The second kappa shape index (κ2) is 9.29. The van der Waals surface area contributed by atoms with Crippen LogP contribution in [0.5, 0.6) is 5.75 Å². The number of ether oxygens (including phenoxy) is 2. The van der Waals surface area contributed by atoms with Gasteiger partial charge < -0.3 is 9.47 Å². The van der Waals surface area contributed by atoms with Gasteiger partial charge in [0.1, 0.15) is 5.75 Å². The molecule has 0 bridgehead atoms. The molecule has 0 aliphatic heterocycles. The Morgan fingerprint density at radius 1 is 1.25 bits per heavy atom. The minimum atomic E-state index is -0.301. The maximum atomic E-state index is 12.4. The van der Waals surface area contributed by atoms with Gasteiger partial charge >= 0.3 is 0 Å². The highest BCUT2D eigenvalue weighted by molar-refractivity contribution is 6.04. The molecule has 2 aromatic rings. The van der Waals surface area contributed by atoms with Gasteiger partial charge in [-0.3, -0.25) is 15.1 Å². The lowest BCUT2D eigenvalue weighted by atomic mass is 10.2. The van der Waals surface area contributed by atoms with Gasteiger partial charge in [0, 0.05) is 11.8 Å². The number of hydrogen-bond acceptors (Lipinski definition) is 5. The zero-order valence-electron chi connectivity index (χ0n) is 13.9. The van der Waals surface area contributed by atoms with E-state index in [1.165, 1.54) is 0 Å². The number of methoxy groups -OCH3 is 1. The molecule has 0 radical (unpaired) electrons. The summed E-state index contributed by atoms with van der Waals surface area (Å²) in [6, 6.07) is 12.7. The van der Waals surface area contributed by atoms with Gasteiger partial charge in [-0.25, -0.2) is 4.99 Å². The van der Waals surface area contributed by atoms with E-state index < -0.39 is 0 Å². The number of nitrogens with one attached hydrogen (secondary N) is 1. The van der Waals surface area contributed by atoms with Crippen molar-refractivity contribution in [3.63, 3.8) is 0 Å². The number of carbonyl (C=O) groups is 1. The normalized spacial score (nSPS) is 11.0. The minimum absolute atomic E-state index is 0.190. The first-order valence-electron chi connectivity index (χ1n) is 7.75. The molecule has 1 amide bonds. The largest absolute Gasteiger partial charge is 0.497 e. The van der Waals surface area contributed by atoms with Crippen LogP contribution in [-0.4, -0.2) is 30.6 Å². The fourth-order valence-corrected chi connectivity index (χ4v) is 1.90. The molecule has 2 rings (SSSR count). The fourth-order valence-electron chi connectivity index (χ4n) is 1.90. The monoisotopic (exact) mass is 327 g/mol. The standard InChI is InChI=1S/C18H21N3O3/c1-3-11-24-18(20-13-15-8-4-5-10-19-15)21-17(22)14-7-6-9-16(12-14)23-2/h4-10,12H,3,11,13H2,1-2H3,(H,20,21,22). The first-order chi connectivity index (χ1) is 11.7. The Bertz CT molecular complexity index is 687. The first kappa shape index (κ1) is 17.5. The third-order valence-corrected chi connectivity index (χ3v) is 3.11. The van der Waals surface area contributed by atoms with Gasteiger partial charge in [0.05, 0.1) is 26.0 Å². The van der Waals surface area contributed by atoms with Gasteiger partial charge in [0.25, 0.3) is 11.9 Å². The summed E-state index contributed by atoms with van der Waals surface area (Å²) in [7, 11) is 1.56. The number of nitrogens with zero attached hydrogens (tertiary/aromatic N) is 2. The molecule has 0 fully saturated rings. The van der Waals surface area contributed by atoms with Gasteiger partial charge in [-0.15, -0.1) is 0 Å². The third-order valence-electron chi connectivity index (χ3n) is 3.11. The number of aromatic nitrogens is 1. The Morgan fingerprint density at radius 2 is 2.12 bits per heavy atom. The van der Waals surface area contributed by atoms with Crippen molar-refractivity contribution in [1.82, 2.24) is 10.3 Å². The van der Waals surface area contributed by atoms with E-state index in [9.17, 15) is 4.79 Å². The SMILES string of the molecule is CCCOC(=NCc1ccccn1)NC(=O)c1cccc(OC)c1. The average molecular weight is 327 g/mol. The van der Waals surface area contributed by atoms with Crippen LogP contribution in [0, 0.1) is 0 Å². The van der Waals surface area contributed by atoms with E-state index in [0.717, 1.165) is 12.1 Å². The van der Waals surface area contributed by atoms with E-state index in [1.54, 1.807) is 37.6 Å². The van der Waals surface area contributed by atoms with Gasteiger partial charge in [-0.2, -0.15) is 0 Å². The van der Waals surface area contributed by atoms with Crippen LogP contribution in [0.25, 0.3) is 0 Å². The van der Waals surface area contributed by atoms with E-state index in [-0.39, 0.29) is 11.9 Å². The number of pyridine rings is 1. The van der Waals surface area contributed by atoms with Gasteiger partial charge in [0.15, 0.2) is 0 Å². The van der Waals surface area contributed by atoms with Crippen molar-refractivity contribution in [2.24, 2.45) is 4.99 Å². The van der Waals surface area contributed by atoms with Crippen molar-refractivity contribution in [2.75, 3.05) is 13.7 Å². The smallest absolute Gasteiger partial charge is 0.292 e. The zero-order valence-corrected chi connectivity index (χ0v) is 13.9. The number of carbonyl (C=O) groups excluding carboxylic acids is 1. The molecule has 1 aromatic carbocycles. The molecule has 0 atom stereocenters. The number of benzene rings is 1. The molecule has 0 unspecified atom stereocenters. The summed E-state index contributed by atoms with van der Waals surface area (Å²) in [5, 5.41) is 2.70. The molecule has 6 heteroatoms. The summed E-state index contributed by atoms with van der Waals surface area (Å²) >= 11 is 0. The molecule has 1 aromatic heterocycles. The fraction of sp³-hybridized carbons (Fsp3) is 0.278. The summed E-state index contributed by atoms with van der Waals surface area (Å²) in [5.41, 5.74) is 1.27. The predicted octanol–water partition coefficient (Wildman–Crippen LogP) is 2.80. The Morgan fingerprint density at radius 3 is 2.83 bits per heavy atom. The minimum Gasteiger partial charge on any atom is -0.497 e. The second-order valence-electron chi connectivity index (χ2n) is 4.98. The second-order valence-corrected chi connectivity index (χ2v) is 4.98. The van der Waals surface area contributed by atoms with E-state index in [1.807, 2.05) is 25.1 Å². The molecular formula is C18H21N3O3. The Kier molecular flexibility index (Phi) is 6.76. The van der Waals surface area contributed by atoms with Gasteiger partial charge in [-0.1, -0.05) is 19.1 Å². The number of amides is 1. The molecular weight excluding hydrogens is 306 g/mol. The molecule has 126 valence electrons. The lowest BCUT2D eigenvalue weighted by Crippen LogP contribution is -2.33. The molecule has 1 N–H and O–H groups in total. The molecule has 0 aliphatic rings. The molecule has 0 spiro atoms. The van der Waals surface area contributed by atoms with Crippen molar-refractivity contribution in [1.29, 1.82) is 0 Å². The Balaban J connectivity index is 2.08. The first-order valence-corrected chi connectivity index (χ1v) is 7.75. The lowest BCUT2D eigenvalue weighted by molar-refractivity contribution is 0.0965. The Labute approximate surface area is 141 Å². The van der Waals surface area contributed by atoms with Crippen LogP contribution in [-0.2, 0) is 11.3 Å². The number of rotatable bonds is 6. The highest BCUT2D eigenvalue weighted by Crippen LogP contribution is 2.12. The van der Waals surface area contributed by atoms with Crippen molar-refractivity contribution < 1.29 is 14.3 Å². The maximum absolute atomic E-state index is 12.4. The molecule has 0 aliphatic carbocycles. The quantitative estimate of drug-likeness (QED) is 0.654. The van der Waals surface area contributed by atoms with E-state index >= 15 is 0 Å². The van der Waals surface area contributed by atoms with Crippen molar-refractivity contribution >= 4 is 11.9 Å². The Hall–Kier alpha value is -2.89. The highest BCUT2D eigenvalue weighted by atomic mass is 16.5. The molecule has 24 heavy (non-hydrogen) atoms. The molecule has 0 saturated heterocycles. The van der Waals surface area contributed by atoms with Gasteiger partial charge in [-0.05, 0) is 36.8 Å². The summed E-state index contributed by atoms with van der Waals surface area (Å²) in [5.74, 6) is 0.314. The number of hydrogen-bond donors (Lipinski definition) is 1. The predicted molar refractivity (Wildman–Crippen MR) is 92.1 cm³/mol. The lowest BCUT2D eigenvalue weighted by Gasteiger charge is -2.10. The summed E-state index contributed by atoms with van der Waals surface area (Å²) in [6.07, 6.45) is 2.52. The maximum Gasteiger partial charge on any atom is 0.292 e. The highest BCUT2D eigenvalue weighted by Gasteiger charge is 2.11. The number of amidine groups is 1. The molecule has 1 heterocycles. The topological polar surface area (TPSA) is 72.8 Å². The summed E-state index contributed by atoms with van der Waals surface area (Å²) in [4.78, 5) is 20.9. The average Bonchev–Trinajstić information content (AvgIpc) is 2.64. The third kappa shape index (κ3) is 5.39. The van der Waals surface area contributed by atoms with Crippen LogP contribution in [0.1, 0.15) is 29.4 Å².